The molecule has 0 aliphatic carbocycles. The van der Waals surface area contributed by atoms with E-state index in [0.29, 0.717) is 18.7 Å². The van der Waals surface area contributed by atoms with Gasteiger partial charge in [0.25, 0.3) is 5.91 Å². The van der Waals surface area contributed by atoms with Crippen molar-refractivity contribution in [3.05, 3.63) is 65.7 Å². The van der Waals surface area contributed by atoms with Gasteiger partial charge >= 0.3 is 0 Å². The molecule has 1 saturated heterocycles. The zero-order valence-corrected chi connectivity index (χ0v) is 15.3. The maximum absolute atomic E-state index is 12.6. The van der Waals surface area contributed by atoms with Gasteiger partial charge in [-0.25, -0.2) is 0 Å². The molecule has 2 N–H and O–H groups in total. The van der Waals surface area contributed by atoms with Crippen LogP contribution in [-0.2, 0) is 6.61 Å². The van der Waals surface area contributed by atoms with Crippen molar-refractivity contribution >= 4 is 18.3 Å². The number of rotatable bonds is 5. The molecule has 1 aliphatic rings. The predicted molar refractivity (Wildman–Crippen MR) is 102 cm³/mol. The maximum atomic E-state index is 12.6. The third-order valence-electron chi connectivity index (χ3n) is 4.69. The van der Waals surface area contributed by atoms with Crippen molar-refractivity contribution in [2.45, 2.75) is 20.0 Å². The summed E-state index contributed by atoms with van der Waals surface area (Å²) in [6, 6.07) is 17.4. The second-order valence-electron chi connectivity index (χ2n) is 6.79. The first kappa shape index (κ1) is 19.3. The Hall–Kier alpha value is -2.04. The highest BCUT2D eigenvalue weighted by molar-refractivity contribution is 5.94. The summed E-state index contributed by atoms with van der Waals surface area (Å²) in [6.07, 6.45) is 0.966. The van der Waals surface area contributed by atoms with Crippen LogP contribution in [0, 0.1) is 5.41 Å². The lowest BCUT2D eigenvalue weighted by molar-refractivity contribution is 0.0777. The van der Waals surface area contributed by atoms with E-state index in [-0.39, 0.29) is 23.7 Å². The van der Waals surface area contributed by atoms with E-state index < -0.39 is 0 Å². The molecule has 1 heterocycles. The molecule has 0 aromatic heterocycles. The standard InChI is InChI=1S/C20H24N2O2.ClH/c1-20(14-21)11-12-22(15-20)19(23)17-7-9-18(10-8-17)24-13-16-5-3-2-4-6-16;/h2-10H,11-15,21H2,1H3;1H. The molecule has 1 aliphatic heterocycles. The largest absolute Gasteiger partial charge is 0.489 e. The van der Waals surface area contributed by atoms with Gasteiger partial charge in [0.1, 0.15) is 12.4 Å². The van der Waals surface area contributed by atoms with Crippen molar-refractivity contribution in [1.29, 1.82) is 0 Å². The van der Waals surface area contributed by atoms with Crippen LogP contribution in [0.15, 0.2) is 54.6 Å². The van der Waals surface area contributed by atoms with Crippen LogP contribution in [0.25, 0.3) is 0 Å². The van der Waals surface area contributed by atoms with Crippen LogP contribution < -0.4 is 10.5 Å². The van der Waals surface area contributed by atoms with Crippen molar-refractivity contribution in [2.75, 3.05) is 19.6 Å². The summed E-state index contributed by atoms with van der Waals surface area (Å²) in [4.78, 5) is 14.5. The number of nitrogens with zero attached hydrogens (tertiary/aromatic N) is 1. The molecular formula is C20H25ClN2O2. The molecule has 0 saturated carbocycles. The fourth-order valence-electron chi connectivity index (χ4n) is 2.98. The van der Waals surface area contributed by atoms with Crippen molar-refractivity contribution in [3.8, 4) is 5.75 Å². The Labute approximate surface area is 155 Å². The summed E-state index contributed by atoms with van der Waals surface area (Å²) >= 11 is 0. The van der Waals surface area contributed by atoms with Crippen LogP contribution in [-0.4, -0.2) is 30.4 Å². The van der Waals surface area contributed by atoms with E-state index in [0.717, 1.165) is 30.8 Å². The molecule has 1 atom stereocenters. The van der Waals surface area contributed by atoms with E-state index >= 15 is 0 Å². The van der Waals surface area contributed by atoms with Gasteiger partial charge < -0.3 is 15.4 Å². The quantitative estimate of drug-likeness (QED) is 0.887. The van der Waals surface area contributed by atoms with Crippen LogP contribution in [0.4, 0.5) is 0 Å². The number of benzene rings is 2. The number of hydrogen-bond donors (Lipinski definition) is 1. The van der Waals surface area contributed by atoms with Gasteiger partial charge in [0, 0.05) is 18.7 Å². The number of carbonyl (C=O) groups is 1. The molecule has 3 rings (SSSR count). The second kappa shape index (κ2) is 8.37. The van der Waals surface area contributed by atoms with Gasteiger partial charge in [-0.2, -0.15) is 0 Å². The van der Waals surface area contributed by atoms with Gasteiger partial charge in [-0.15, -0.1) is 12.4 Å². The number of amides is 1. The smallest absolute Gasteiger partial charge is 0.253 e. The Morgan fingerprint density at radius 3 is 2.44 bits per heavy atom. The maximum Gasteiger partial charge on any atom is 0.253 e. The number of nitrogens with two attached hydrogens (primary N) is 1. The summed E-state index contributed by atoms with van der Waals surface area (Å²) < 4.78 is 5.76. The molecule has 1 amide bonds. The first-order valence-corrected chi connectivity index (χ1v) is 8.36. The molecule has 2 aromatic carbocycles. The molecule has 4 nitrogen and oxygen atoms in total. The van der Waals surface area contributed by atoms with E-state index in [4.69, 9.17) is 10.5 Å². The summed E-state index contributed by atoms with van der Waals surface area (Å²) in [6.45, 7) is 4.78. The minimum Gasteiger partial charge on any atom is -0.489 e. The van der Waals surface area contributed by atoms with Gasteiger partial charge in [-0.1, -0.05) is 37.3 Å². The number of carbonyl (C=O) groups excluding carboxylic acids is 1. The molecule has 1 unspecified atom stereocenters. The lowest BCUT2D eigenvalue weighted by Crippen LogP contribution is -2.34. The van der Waals surface area contributed by atoms with Crippen LogP contribution in [0.3, 0.4) is 0 Å². The lowest BCUT2D eigenvalue weighted by Gasteiger charge is -2.22. The van der Waals surface area contributed by atoms with E-state index in [9.17, 15) is 4.79 Å². The molecule has 0 bridgehead atoms. The van der Waals surface area contributed by atoms with E-state index in [1.54, 1.807) is 0 Å². The zero-order chi connectivity index (χ0) is 17.0. The normalized spacial score (nSPS) is 19.4. The number of hydrogen-bond acceptors (Lipinski definition) is 3. The van der Waals surface area contributed by atoms with Crippen LogP contribution >= 0.6 is 12.4 Å². The predicted octanol–water partition coefficient (Wildman–Crippen LogP) is 3.50. The summed E-state index contributed by atoms with van der Waals surface area (Å²) in [7, 11) is 0. The average molecular weight is 361 g/mol. The summed E-state index contributed by atoms with van der Waals surface area (Å²) in [5.41, 5.74) is 7.68. The SMILES string of the molecule is CC1(CN)CCN(C(=O)c2ccc(OCc3ccccc3)cc2)C1.Cl. The molecule has 1 fully saturated rings. The van der Waals surface area contributed by atoms with Gasteiger partial charge in [-0.3, -0.25) is 4.79 Å². The second-order valence-corrected chi connectivity index (χ2v) is 6.79. The molecule has 0 radical (unpaired) electrons. The van der Waals surface area contributed by atoms with Crippen LogP contribution in [0.2, 0.25) is 0 Å². The Morgan fingerprint density at radius 1 is 1.16 bits per heavy atom. The highest BCUT2D eigenvalue weighted by atomic mass is 35.5. The van der Waals surface area contributed by atoms with Gasteiger partial charge in [0.15, 0.2) is 0 Å². The first-order valence-electron chi connectivity index (χ1n) is 8.36. The van der Waals surface area contributed by atoms with Gasteiger partial charge in [-0.05, 0) is 48.2 Å². The first-order chi connectivity index (χ1) is 11.6. The highest BCUT2D eigenvalue weighted by Gasteiger charge is 2.35. The minimum absolute atomic E-state index is 0. The highest BCUT2D eigenvalue weighted by Crippen LogP contribution is 2.29. The van der Waals surface area contributed by atoms with E-state index in [1.165, 1.54) is 0 Å². The average Bonchev–Trinajstić information content (AvgIpc) is 3.04. The molecule has 25 heavy (non-hydrogen) atoms. The van der Waals surface area contributed by atoms with Crippen LogP contribution in [0.1, 0.15) is 29.3 Å². The molecule has 2 aromatic rings. The van der Waals surface area contributed by atoms with Crippen molar-refractivity contribution < 1.29 is 9.53 Å². The molecule has 134 valence electrons. The third-order valence-corrected chi connectivity index (χ3v) is 4.69. The van der Waals surface area contributed by atoms with Gasteiger partial charge in [0.05, 0.1) is 0 Å². The lowest BCUT2D eigenvalue weighted by atomic mass is 9.90. The zero-order valence-electron chi connectivity index (χ0n) is 14.5. The van der Waals surface area contributed by atoms with Crippen molar-refractivity contribution in [3.63, 3.8) is 0 Å². The Morgan fingerprint density at radius 2 is 1.84 bits per heavy atom. The summed E-state index contributed by atoms with van der Waals surface area (Å²) in [5.74, 6) is 0.838. The number of ether oxygens (including phenoxy) is 1. The molecule has 0 spiro atoms. The van der Waals surface area contributed by atoms with Crippen LogP contribution in [0.5, 0.6) is 5.75 Å². The van der Waals surface area contributed by atoms with Crippen molar-refractivity contribution in [2.24, 2.45) is 11.1 Å². The fourth-order valence-corrected chi connectivity index (χ4v) is 2.98. The topological polar surface area (TPSA) is 55.6 Å². The number of halogens is 1. The fraction of sp³-hybridized carbons (Fsp3) is 0.350. The Kier molecular flexibility index (Phi) is 6.45. The molecular weight excluding hydrogens is 336 g/mol. The summed E-state index contributed by atoms with van der Waals surface area (Å²) in [5, 5.41) is 0. The monoisotopic (exact) mass is 360 g/mol. The third kappa shape index (κ3) is 4.74. The van der Waals surface area contributed by atoms with Gasteiger partial charge in [0.2, 0.25) is 0 Å². The number of likely N-dealkylation sites (tertiary alicyclic amines) is 1. The van der Waals surface area contributed by atoms with E-state index in [1.807, 2.05) is 59.5 Å². The minimum atomic E-state index is 0. The Balaban J connectivity index is 0.00000225. The van der Waals surface area contributed by atoms with Crippen molar-refractivity contribution in [1.82, 2.24) is 4.90 Å². The molecule has 5 heteroatoms. The Bertz CT molecular complexity index is 691. The van der Waals surface area contributed by atoms with E-state index in [2.05, 4.69) is 6.92 Å².